The molecule has 0 saturated carbocycles. The molecule has 2 amide bonds. The summed E-state index contributed by atoms with van der Waals surface area (Å²) in [6.45, 7) is -3.09. The molecule has 0 heterocycles. The van der Waals surface area contributed by atoms with Crippen molar-refractivity contribution < 1.29 is 32.2 Å². The van der Waals surface area contributed by atoms with Crippen molar-refractivity contribution in [3.63, 3.8) is 0 Å². The lowest BCUT2D eigenvalue weighted by atomic mass is 10.0. The number of benzene rings is 2. The average Bonchev–Trinajstić information content (AvgIpc) is 2.66. The Morgan fingerprint density at radius 1 is 1.17 bits per heavy atom. The summed E-state index contributed by atoms with van der Waals surface area (Å²) in [6.07, 6.45) is 2.30. The molecule has 0 fully saturated rings. The number of methoxy groups -OCH3 is 1. The molecular formula is C20H19F3N2O4. The van der Waals surface area contributed by atoms with Crippen LogP contribution >= 0.6 is 0 Å². The molecule has 154 valence electrons. The number of likely N-dealkylation sites (N-methyl/N-ethyl adjacent to an activating group) is 1. The number of hydrogen-bond acceptors (Lipinski definition) is 4. The lowest BCUT2D eigenvalue weighted by Gasteiger charge is -2.25. The fourth-order valence-corrected chi connectivity index (χ4v) is 2.70. The predicted molar refractivity (Wildman–Crippen MR) is 99.8 cm³/mol. The number of hydrogen-bond donors (Lipinski definition) is 1. The summed E-state index contributed by atoms with van der Waals surface area (Å²) in [7, 11) is 2.60. The summed E-state index contributed by atoms with van der Waals surface area (Å²) < 4.78 is 48.4. The summed E-state index contributed by atoms with van der Waals surface area (Å²) in [5, 5.41) is 0. The quantitative estimate of drug-likeness (QED) is 0.681. The van der Waals surface area contributed by atoms with Gasteiger partial charge in [0.1, 0.15) is 11.9 Å². The van der Waals surface area contributed by atoms with Gasteiger partial charge in [-0.25, -0.2) is 4.39 Å². The van der Waals surface area contributed by atoms with E-state index in [1.54, 1.807) is 0 Å². The molecule has 2 N–H and O–H groups in total. The Labute approximate surface area is 165 Å². The number of primary amides is 1. The first kappa shape index (κ1) is 21.8. The summed E-state index contributed by atoms with van der Waals surface area (Å²) in [5.41, 5.74) is 5.74. The molecule has 0 aromatic heterocycles. The van der Waals surface area contributed by atoms with Crippen molar-refractivity contribution in [1.29, 1.82) is 0 Å². The first-order valence-corrected chi connectivity index (χ1v) is 8.36. The van der Waals surface area contributed by atoms with E-state index in [0.717, 1.165) is 17.0 Å². The van der Waals surface area contributed by atoms with E-state index in [1.165, 1.54) is 56.6 Å². The maximum absolute atomic E-state index is 13.5. The first-order valence-electron chi connectivity index (χ1n) is 8.36. The highest BCUT2D eigenvalue weighted by atomic mass is 19.3. The number of rotatable bonds is 8. The Bertz CT molecular complexity index is 918. The molecule has 0 radical (unpaired) electrons. The van der Waals surface area contributed by atoms with Crippen molar-refractivity contribution in [2.75, 3.05) is 14.2 Å². The zero-order chi connectivity index (χ0) is 21.6. The third-order valence-electron chi connectivity index (χ3n) is 4.01. The van der Waals surface area contributed by atoms with Crippen LogP contribution in [0.4, 0.5) is 13.2 Å². The lowest BCUT2D eigenvalue weighted by molar-refractivity contribution is -0.134. The van der Waals surface area contributed by atoms with Gasteiger partial charge in [-0.1, -0.05) is 24.3 Å². The van der Waals surface area contributed by atoms with Gasteiger partial charge in [0.25, 0.3) is 0 Å². The topological polar surface area (TPSA) is 81.9 Å². The lowest BCUT2D eigenvalue weighted by Crippen LogP contribution is -2.38. The van der Waals surface area contributed by atoms with Gasteiger partial charge < -0.3 is 20.1 Å². The number of nitrogens with two attached hydrogens (primary N) is 1. The van der Waals surface area contributed by atoms with Gasteiger partial charge in [0.05, 0.1) is 7.11 Å². The van der Waals surface area contributed by atoms with Gasteiger partial charge in [-0.05, 0) is 29.8 Å². The minimum absolute atomic E-state index is 0.0584. The number of halogens is 3. The van der Waals surface area contributed by atoms with E-state index in [-0.39, 0.29) is 22.6 Å². The van der Waals surface area contributed by atoms with E-state index >= 15 is 0 Å². The van der Waals surface area contributed by atoms with Crippen LogP contribution in [-0.2, 0) is 9.59 Å². The number of ether oxygens (including phenoxy) is 2. The second kappa shape index (κ2) is 9.63. The van der Waals surface area contributed by atoms with E-state index in [2.05, 4.69) is 4.74 Å². The minimum atomic E-state index is -3.09. The smallest absolute Gasteiger partial charge is 0.387 e. The summed E-state index contributed by atoms with van der Waals surface area (Å²) >= 11 is 0. The monoisotopic (exact) mass is 408 g/mol. The second-order valence-corrected chi connectivity index (χ2v) is 5.90. The SMILES string of the molecule is COc1cccc(/C=C/C(=O)N(C)C(C(N)=O)c2cccc(F)c2)c1OC(F)F. The Kier molecular flexibility index (Phi) is 7.24. The van der Waals surface area contributed by atoms with Crippen LogP contribution in [0.25, 0.3) is 6.08 Å². The standard InChI is InChI=1S/C20H19F3N2O4/c1-25(17(19(24)27)13-6-3-7-14(21)11-13)16(26)10-9-12-5-4-8-15(28-2)18(12)29-20(22)23/h3-11,17,20H,1-2H3,(H2,24,27)/b10-9+. The number of carbonyl (C=O) groups excluding carboxylic acids is 2. The zero-order valence-electron chi connectivity index (χ0n) is 15.6. The van der Waals surface area contributed by atoms with Crippen molar-refractivity contribution in [2.24, 2.45) is 5.73 Å². The molecule has 29 heavy (non-hydrogen) atoms. The van der Waals surface area contributed by atoms with E-state index in [0.29, 0.717) is 0 Å². The third kappa shape index (κ3) is 5.50. The number of nitrogens with zero attached hydrogens (tertiary/aromatic N) is 1. The van der Waals surface area contributed by atoms with E-state index < -0.39 is 30.3 Å². The third-order valence-corrected chi connectivity index (χ3v) is 4.01. The second-order valence-electron chi connectivity index (χ2n) is 5.90. The highest BCUT2D eigenvalue weighted by molar-refractivity contribution is 5.95. The van der Waals surface area contributed by atoms with E-state index in [4.69, 9.17) is 10.5 Å². The highest BCUT2D eigenvalue weighted by Crippen LogP contribution is 2.33. The maximum atomic E-state index is 13.5. The molecule has 1 unspecified atom stereocenters. The normalized spacial score (nSPS) is 12.1. The van der Waals surface area contributed by atoms with Gasteiger partial charge in [-0.2, -0.15) is 8.78 Å². The Morgan fingerprint density at radius 2 is 1.86 bits per heavy atom. The van der Waals surface area contributed by atoms with Crippen LogP contribution in [-0.4, -0.2) is 37.5 Å². The largest absolute Gasteiger partial charge is 0.493 e. The summed E-state index contributed by atoms with van der Waals surface area (Å²) in [4.78, 5) is 25.4. The molecule has 6 nitrogen and oxygen atoms in total. The molecule has 9 heteroatoms. The van der Waals surface area contributed by atoms with Gasteiger partial charge in [0, 0.05) is 18.7 Å². The molecule has 0 bridgehead atoms. The van der Waals surface area contributed by atoms with Crippen LogP contribution in [0.5, 0.6) is 11.5 Å². The molecule has 0 aliphatic rings. The van der Waals surface area contributed by atoms with Crippen LogP contribution in [0.2, 0.25) is 0 Å². The van der Waals surface area contributed by atoms with Gasteiger partial charge in [-0.15, -0.1) is 0 Å². The fourth-order valence-electron chi connectivity index (χ4n) is 2.70. The van der Waals surface area contributed by atoms with Crippen LogP contribution in [0.15, 0.2) is 48.5 Å². The summed E-state index contributed by atoms with van der Waals surface area (Å²) in [6, 6.07) is 8.32. The Hall–Kier alpha value is -3.49. The van der Waals surface area contributed by atoms with Crippen LogP contribution in [0.3, 0.4) is 0 Å². The van der Waals surface area contributed by atoms with E-state index in [1.807, 2.05) is 0 Å². The van der Waals surface area contributed by atoms with Gasteiger partial charge in [-0.3, -0.25) is 9.59 Å². The molecule has 2 aromatic rings. The van der Waals surface area contributed by atoms with Crippen LogP contribution in [0.1, 0.15) is 17.2 Å². The molecule has 1 atom stereocenters. The molecule has 2 aromatic carbocycles. The number of amides is 2. The molecule has 0 aliphatic heterocycles. The van der Waals surface area contributed by atoms with Gasteiger partial charge in [0.15, 0.2) is 11.5 Å². The molecule has 0 spiro atoms. The van der Waals surface area contributed by atoms with Crippen LogP contribution < -0.4 is 15.2 Å². The Morgan fingerprint density at radius 3 is 2.45 bits per heavy atom. The molecule has 2 rings (SSSR count). The number of para-hydroxylation sites is 1. The van der Waals surface area contributed by atoms with Crippen molar-refractivity contribution in [3.05, 3.63) is 65.5 Å². The first-order chi connectivity index (χ1) is 13.7. The molecule has 0 saturated heterocycles. The number of alkyl halides is 2. The number of carbonyl (C=O) groups is 2. The van der Waals surface area contributed by atoms with Crippen molar-refractivity contribution >= 4 is 17.9 Å². The van der Waals surface area contributed by atoms with Crippen LogP contribution in [0, 0.1) is 5.82 Å². The average molecular weight is 408 g/mol. The van der Waals surface area contributed by atoms with Gasteiger partial charge in [0.2, 0.25) is 11.8 Å². The minimum Gasteiger partial charge on any atom is -0.493 e. The highest BCUT2D eigenvalue weighted by Gasteiger charge is 2.26. The van der Waals surface area contributed by atoms with Gasteiger partial charge >= 0.3 is 6.61 Å². The molecular weight excluding hydrogens is 389 g/mol. The van der Waals surface area contributed by atoms with Crippen molar-refractivity contribution in [1.82, 2.24) is 4.90 Å². The maximum Gasteiger partial charge on any atom is 0.387 e. The zero-order valence-corrected chi connectivity index (χ0v) is 15.6. The molecule has 0 aliphatic carbocycles. The van der Waals surface area contributed by atoms with Crippen molar-refractivity contribution in [2.45, 2.75) is 12.7 Å². The fraction of sp³-hybridized carbons (Fsp3) is 0.200. The summed E-state index contributed by atoms with van der Waals surface area (Å²) in [5.74, 6) is -2.29. The van der Waals surface area contributed by atoms with Crippen molar-refractivity contribution in [3.8, 4) is 11.5 Å². The van der Waals surface area contributed by atoms with E-state index in [9.17, 15) is 22.8 Å². The predicted octanol–water partition coefficient (Wildman–Crippen LogP) is 3.13. The Balaban J connectivity index is 2.30.